The molecule has 0 heterocycles. The van der Waals surface area contributed by atoms with Gasteiger partial charge in [-0.3, -0.25) is 0 Å². The highest BCUT2D eigenvalue weighted by Crippen LogP contribution is 2.13. The van der Waals surface area contributed by atoms with Crippen LogP contribution in [-0.4, -0.2) is 11.0 Å². The van der Waals surface area contributed by atoms with E-state index in [0.29, 0.717) is 5.92 Å². The minimum absolute atomic E-state index is 0.0851. The summed E-state index contributed by atoms with van der Waals surface area (Å²) in [5.74, 6) is 0.577. The second-order valence-corrected chi connectivity index (χ2v) is 3.31. The van der Waals surface area contributed by atoms with Crippen LogP contribution in [0.5, 0.6) is 0 Å². The zero-order chi connectivity index (χ0) is 7.49. The summed E-state index contributed by atoms with van der Waals surface area (Å²) in [4.78, 5) is 0. The summed E-state index contributed by atoms with van der Waals surface area (Å²) in [6, 6.07) is 0. The predicted molar refractivity (Wildman–Crippen MR) is 44.7 cm³/mol. The molecular weight excluding hydrogens is 130 g/mol. The third kappa shape index (κ3) is 2.80. The average molecular weight is 144 g/mol. The Labute approximate surface area is 62.8 Å². The summed E-state index contributed by atoms with van der Waals surface area (Å²) in [6.45, 7) is 8.52. The summed E-state index contributed by atoms with van der Waals surface area (Å²) in [5.41, 5.74) is 2.61. The molecule has 0 aromatic rings. The zero-order valence-corrected chi connectivity index (χ0v) is 7.30. The van der Waals surface area contributed by atoms with Crippen LogP contribution in [0.25, 0.3) is 0 Å². The van der Waals surface area contributed by atoms with Crippen molar-refractivity contribution >= 4 is 17.7 Å². The average Bonchev–Trinajstić information content (AvgIpc) is 1.65. The molecule has 0 aliphatic carbocycles. The standard InChI is InChI=1S/C7H14NS/c1-6(2)7(3,4)8-5-9/h6H,1-4H3,(H,8,9). The SMILES string of the molecule is CC(C)C(C)(C)N[C]=S. The van der Waals surface area contributed by atoms with Gasteiger partial charge >= 0.3 is 0 Å². The van der Waals surface area contributed by atoms with Crippen molar-refractivity contribution in [2.45, 2.75) is 33.2 Å². The third-order valence-corrected chi connectivity index (χ3v) is 1.92. The highest BCUT2D eigenvalue weighted by atomic mass is 32.1. The minimum atomic E-state index is 0.0851. The van der Waals surface area contributed by atoms with Gasteiger partial charge in [-0.05, 0) is 19.8 Å². The summed E-state index contributed by atoms with van der Waals surface area (Å²) >= 11 is 4.56. The van der Waals surface area contributed by atoms with E-state index in [2.05, 4.69) is 50.7 Å². The predicted octanol–water partition coefficient (Wildman–Crippen LogP) is 1.84. The fraction of sp³-hybridized carbons (Fsp3) is 0.857. The van der Waals surface area contributed by atoms with Gasteiger partial charge in [0.05, 0.1) is 0 Å². The fourth-order valence-corrected chi connectivity index (χ4v) is 0.539. The van der Waals surface area contributed by atoms with Crippen LogP contribution in [0.1, 0.15) is 27.7 Å². The molecule has 0 saturated carbocycles. The van der Waals surface area contributed by atoms with Crippen molar-refractivity contribution in [3.63, 3.8) is 0 Å². The summed E-state index contributed by atoms with van der Waals surface area (Å²) in [7, 11) is 0. The molecule has 0 unspecified atom stereocenters. The van der Waals surface area contributed by atoms with Gasteiger partial charge in [0.1, 0.15) is 5.49 Å². The molecule has 0 rings (SSSR count). The summed E-state index contributed by atoms with van der Waals surface area (Å²) < 4.78 is 0. The second kappa shape index (κ2) is 3.16. The molecule has 53 valence electrons. The van der Waals surface area contributed by atoms with E-state index in [4.69, 9.17) is 0 Å². The number of thiocarbonyl (C=S) groups is 1. The van der Waals surface area contributed by atoms with E-state index >= 15 is 0 Å². The van der Waals surface area contributed by atoms with Crippen molar-refractivity contribution in [3.05, 3.63) is 0 Å². The Morgan fingerprint density at radius 2 is 1.89 bits per heavy atom. The Morgan fingerprint density at radius 1 is 1.44 bits per heavy atom. The number of rotatable bonds is 3. The Kier molecular flexibility index (Phi) is 3.12. The zero-order valence-electron chi connectivity index (χ0n) is 6.49. The molecule has 0 bridgehead atoms. The maximum atomic E-state index is 4.56. The quantitative estimate of drug-likeness (QED) is 0.479. The van der Waals surface area contributed by atoms with E-state index in [9.17, 15) is 0 Å². The first-order valence-corrected chi connectivity index (χ1v) is 3.56. The largest absolute Gasteiger partial charge is 0.369 e. The Bertz CT molecular complexity index is 97.1. The van der Waals surface area contributed by atoms with Gasteiger partial charge in [0, 0.05) is 5.54 Å². The van der Waals surface area contributed by atoms with Crippen molar-refractivity contribution in [1.82, 2.24) is 5.32 Å². The number of nitrogens with one attached hydrogen (secondary N) is 1. The van der Waals surface area contributed by atoms with Crippen molar-refractivity contribution in [2.75, 3.05) is 0 Å². The van der Waals surface area contributed by atoms with E-state index < -0.39 is 0 Å². The van der Waals surface area contributed by atoms with Gasteiger partial charge < -0.3 is 5.32 Å². The lowest BCUT2D eigenvalue weighted by molar-refractivity contribution is 0.338. The Balaban J connectivity index is 3.84. The van der Waals surface area contributed by atoms with Crippen LogP contribution >= 0.6 is 12.2 Å². The number of hydrogen-bond donors (Lipinski definition) is 1. The molecule has 0 atom stereocenters. The lowest BCUT2D eigenvalue weighted by Gasteiger charge is -2.28. The molecule has 1 nitrogen and oxygen atoms in total. The fourth-order valence-electron chi connectivity index (χ4n) is 0.276. The van der Waals surface area contributed by atoms with E-state index in [1.54, 1.807) is 0 Å². The molecule has 0 aliphatic rings. The Hall–Kier alpha value is -0.110. The van der Waals surface area contributed by atoms with Crippen LogP contribution in [0.15, 0.2) is 0 Å². The van der Waals surface area contributed by atoms with Gasteiger partial charge in [0.15, 0.2) is 0 Å². The lowest BCUT2D eigenvalue weighted by atomic mass is 9.91. The van der Waals surface area contributed by atoms with E-state index in [1.165, 1.54) is 0 Å². The molecule has 0 fully saturated rings. The first kappa shape index (κ1) is 8.89. The molecule has 9 heavy (non-hydrogen) atoms. The van der Waals surface area contributed by atoms with Gasteiger partial charge in [-0.2, -0.15) is 0 Å². The smallest absolute Gasteiger partial charge is 0.134 e. The van der Waals surface area contributed by atoms with Crippen LogP contribution in [0.4, 0.5) is 0 Å². The van der Waals surface area contributed by atoms with E-state index in [1.807, 2.05) is 0 Å². The molecule has 0 saturated heterocycles. The van der Waals surface area contributed by atoms with Crippen molar-refractivity contribution in [1.29, 1.82) is 0 Å². The minimum Gasteiger partial charge on any atom is -0.369 e. The maximum absolute atomic E-state index is 4.56. The molecular formula is C7H14NS. The highest BCUT2D eigenvalue weighted by molar-refractivity contribution is 7.78. The molecule has 0 aliphatic heterocycles. The Morgan fingerprint density at radius 3 is 2.00 bits per heavy atom. The van der Waals surface area contributed by atoms with E-state index in [-0.39, 0.29) is 5.54 Å². The first-order valence-electron chi connectivity index (χ1n) is 3.15. The van der Waals surface area contributed by atoms with Crippen molar-refractivity contribution < 1.29 is 0 Å². The molecule has 2 heteroatoms. The van der Waals surface area contributed by atoms with Gasteiger partial charge in [0.25, 0.3) is 0 Å². The summed E-state index contributed by atoms with van der Waals surface area (Å²) in [5, 5.41) is 2.99. The van der Waals surface area contributed by atoms with Crippen LogP contribution in [0, 0.1) is 5.92 Å². The van der Waals surface area contributed by atoms with Crippen molar-refractivity contribution in [2.24, 2.45) is 5.92 Å². The second-order valence-electron chi connectivity index (χ2n) is 3.10. The molecule has 0 aromatic carbocycles. The molecule has 0 aromatic heterocycles. The molecule has 0 spiro atoms. The molecule has 1 N–H and O–H groups in total. The van der Waals surface area contributed by atoms with Crippen LogP contribution in [0.2, 0.25) is 0 Å². The third-order valence-electron chi connectivity index (χ3n) is 1.82. The molecule has 1 radical (unpaired) electrons. The first-order chi connectivity index (χ1) is 4.00. The van der Waals surface area contributed by atoms with Crippen LogP contribution in [0.3, 0.4) is 0 Å². The van der Waals surface area contributed by atoms with Gasteiger partial charge in [-0.1, -0.05) is 26.1 Å². The normalized spacial score (nSPS) is 11.7. The highest BCUT2D eigenvalue weighted by Gasteiger charge is 2.19. The summed E-state index contributed by atoms with van der Waals surface area (Å²) in [6.07, 6.45) is 0. The van der Waals surface area contributed by atoms with E-state index in [0.717, 1.165) is 0 Å². The topological polar surface area (TPSA) is 12.0 Å². The van der Waals surface area contributed by atoms with Gasteiger partial charge in [-0.25, -0.2) is 0 Å². The number of hydrogen-bond acceptors (Lipinski definition) is 1. The van der Waals surface area contributed by atoms with Crippen molar-refractivity contribution in [3.8, 4) is 0 Å². The maximum Gasteiger partial charge on any atom is 0.134 e. The van der Waals surface area contributed by atoms with Crippen LogP contribution in [-0.2, 0) is 0 Å². The van der Waals surface area contributed by atoms with Crippen LogP contribution < -0.4 is 5.32 Å². The molecule has 0 amide bonds. The van der Waals surface area contributed by atoms with Gasteiger partial charge in [-0.15, -0.1) is 0 Å². The van der Waals surface area contributed by atoms with Gasteiger partial charge in [0.2, 0.25) is 0 Å². The monoisotopic (exact) mass is 144 g/mol. The lowest BCUT2D eigenvalue weighted by Crippen LogP contribution is -2.42.